The third kappa shape index (κ3) is 3.53. The van der Waals surface area contributed by atoms with Gasteiger partial charge in [-0.1, -0.05) is 5.16 Å². The first-order valence-electron chi connectivity index (χ1n) is 8.58. The maximum Gasteiger partial charge on any atom is 0.133 e. The molecule has 22 heavy (non-hydrogen) atoms. The van der Waals surface area contributed by atoms with Gasteiger partial charge in [0.2, 0.25) is 0 Å². The van der Waals surface area contributed by atoms with Gasteiger partial charge in [-0.2, -0.15) is 0 Å². The van der Waals surface area contributed by atoms with Gasteiger partial charge < -0.3 is 14.0 Å². The smallest absolute Gasteiger partial charge is 0.133 e. The molecule has 0 radical (unpaired) electrons. The molecule has 1 atom stereocenters. The van der Waals surface area contributed by atoms with Gasteiger partial charge in [-0.25, -0.2) is 0 Å². The predicted octanol–water partition coefficient (Wildman–Crippen LogP) is 2.78. The van der Waals surface area contributed by atoms with Gasteiger partial charge in [-0.15, -0.1) is 0 Å². The van der Waals surface area contributed by atoms with Gasteiger partial charge in [0, 0.05) is 45.5 Å². The van der Waals surface area contributed by atoms with Crippen LogP contribution in [0.1, 0.15) is 44.1 Å². The van der Waals surface area contributed by atoms with Gasteiger partial charge in [0.15, 0.2) is 0 Å². The molecule has 124 valence electrons. The van der Waals surface area contributed by atoms with E-state index in [0.29, 0.717) is 5.92 Å². The van der Waals surface area contributed by atoms with Crippen LogP contribution in [-0.2, 0) is 16.0 Å². The third-order valence-corrected chi connectivity index (χ3v) is 5.18. The average molecular weight is 308 g/mol. The molecule has 1 aromatic rings. The number of piperidine rings is 1. The van der Waals surface area contributed by atoms with Crippen LogP contribution in [0, 0.1) is 12.8 Å². The van der Waals surface area contributed by atoms with Crippen LogP contribution in [0.5, 0.6) is 0 Å². The van der Waals surface area contributed by atoms with E-state index in [1.807, 2.05) is 13.0 Å². The van der Waals surface area contributed by atoms with Crippen LogP contribution < -0.4 is 0 Å². The van der Waals surface area contributed by atoms with Crippen LogP contribution in [0.4, 0.5) is 0 Å². The standard InChI is InChI=1S/C17H28N2O3/c1-3-20-10-4-15-5-11-21-17(15)6-8-19(9-7-17)13-16-12-14(2)22-18-16/h12,15H,3-11,13H2,1-2H3. The lowest BCUT2D eigenvalue weighted by Gasteiger charge is -2.42. The Morgan fingerprint density at radius 3 is 2.91 bits per heavy atom. The van der Waals surface area contributed by atoms with Gasteiger partial charge >= 0.3 is 0 Å². The summed E-state index contributed by atoms with van der Waals surface area (Å²) in [5.74, 6) is 1.55. The molecule has 1 spiro atoms. The van der Waals surface area contributed by atoms with E-state index in [9.17, 15) is 0 Å². The summed E-state index contributed by atoms with van der Waals surface area (Å²) >= 11 is 0. The van der Waals surface area contributed by atoms with Gasteiger partial charge in [0.05, 0.1) is 11.3 Å². The zero-order valence-electron chi connectivity index (χ0n) is 13.8. The van der Waals surface area contributed by atoms with Crippen LogP contribution in [-0.4, -0.2) is 48.6 Å². The Bertz CT molecular complexity index is 466. The Balaban J connectivity index is 1.51. The minimum absolute atomic E-state index is 0.105. The summed E-state index contributed by atoms with van der Waals surface area (Å²) < 4.78 is 16.9. The van der Waals surface area contributed by atoms with Crippen molar-refractivity contribution in [3.63, 3.8) is 0 Å². The lowest BCUT2D eigenvalue weighted by molar-refractivity contribution is -0.0730. The summed E-state index contributed by atoms with van der Waals surface area (Å²) in [7, 11) is 0. The molecule has 0 N–H and O–H groups in total. The molecule has 2 aliphatic heterocycles. The van der Waals surface area contributed by atoms with Crippen molar-refractivity contribution in [3.05, 3.63) is 17.5 Å². The highest BCUT2D eigenvalue weighted by Crippen LogP contribution is 2.42. The molecule has 3 heterocycles. The zero-order chi connectivity index (χ0) is 15.4. The number of likely N-dealkylation sites (tertiary alicyclic amines) is 1. The van der Waals surface area contributed by atoms with E-state index < -0.39 is 0 Å². The Hall–Kier alpha value is -0.910. The molecule has 2 aliphatic rings. The zero-order valence-corrected chi connectivity index (χ0v) is 13.8. The monoisotopic (exact) mass is 308 g/mol. The second kappa shape index (κ2) is 7.11. The molecule has 3 rings (SSSR count). The minimum Gasteiger partial charge on any atom is -0.382 e. The molecule has 2 saturated heterocycles. The van der Waals surface area contributed by atoms with Crippen molar-refractivity contribution in [2.75, 3.05) is 32.9 Å². The van der Waals surface area contributed by atoms with E-state index in [2.05, 4.69) is 17.0 Å². The second-order valence-electron chi connectivity index (χ2n) is 6.59. The Morgan fingerprint density at radius 2 is 2.23 bits per heavy atom. The molecule has 0 aliphatic carbocycles. The van der Waals surface area contributed by atoms with E-state index in [-0.39, 0.29) is 5.60 Å². The highest BCUT2D eigenvalue weighted by atomic mass is 16.5. The van der Waals surface area contributed by atoms with E-state index in [1.54, 1.807) is 0 Å². The molecule has 5 heteroatoms. The fourth-order valence-corrected chi connectivity index (χ4v) is 3.93. The van der Waals surface area contributed by atoms with Gasteiger partial charge in [-0.05, 0) is 45.4 Å². The predicted molar refractivity (Wildman–Crippen MR) is 83.7 cm³/mol. The van der Waals surface area contributed by atoms with Crippen molar-refractivity contribution in [1.29, 1.82) is 0 Å². The van der Waals surface area contributed by atoms with Gasteiger partial charge in [0.1, 0.15) is 5.76 Å². The molecule has 2 fully saturated rings. The topological polar surface area (TPSA) is 47.7 Å². The summed E-state index contributed by atoms with van der Waals surface area (Å²) in [5.41, 5.74) is 1.14. The van der Waals surface area contributed by atoms with Crippen LogP contribution in [0.2, 0.25) is 0 Å². The highest BCUT2D eigenvalue weighted by molar-refractivity contribution is 5.04. The number of ether oxygens (including phenoxy) is 2. The van der Waals surface area contributed by atoms with Crippen molar-refractivity contribution in [3.8, 4) is 0 Å². The lowest BCUT2D eigenvalue weighted by atomic mass is 9.78. The van der Waals surface area contributed by atoms with Crippen molar-refractivity contribution in [2.45, 2.75) is 51.7 Å². The van der Waals surface area contributed by atoms with E-state index in [0.717, 1.165) is 70.2 Å². The first kappa shape index (κ1) is 16.0. The van der Waals surface area contributed by atoms with Crippen molar-refractivity contribution in [2.24, 2.45) is 5.92 Å². The summed E-state index contributed by atoms with van der Waals surface area (Å²) in [6.07, 6.45) is 4.58. The van der Waals surface area contributed by atoms with E-state index in [1.165, 1.54) is 6.42 Å². The minimum atomic E-state index is 0.105. The summed E-state index contributed by atoms with van der Waals surface area (Å²) in [6, 6.07) is 2.03. The van der Waals surface area contributed by atoms with Crippen molar-refractivity contribution in [1.82, 2.24) is 10.1 Å². The highest BCUT2D eigenvalue weighted by Gasteiger charge is 2.45. The molecule has 5 nitrogen and oxygen atoms in total. The number of nitrogens with zero attached hydrogens (tertiary/aromatic N) is 2. The fraction of sp³-hybridized carbons (Fsp3) is 0.824. The van der Waals surface area contributed by atoms with E-state index in [4.69, 9.17) is 14.0 Å². The van der Waals surface area contributed by atoms with Crippen LogP contribution in [0.15, 0.2) is 10.6 Å². The molecular weight excluding hydrogens is 280 g/mol. The molecule has 1 unspecified atom stereocenters. The number of aryl methyl sites for hydroxylation is 1. The Morgan fingerprint density at radius 1 is 1.41 bits per heavy atom. The first-order valence-corrected chi connectivity index (χ1v) is 8.58. The van der Waals surface area contributed by atoms with Gasteiger partial charge in [0.25, 0.3) is 0 Å². The number of aromatic nitrogens is 1. The largest absolute Gasteiger partial charge is 0.382 e. The van der Waals surface area contributed by atoms with Crippen LogP contribution in [0.3, 0.4) is 0 Å². The molecule has 0 saturated carbocycles. The lowest BCUT2D eigenvalue weighted by Crippen LogP contribution is -2.47. The first-order chi connectivity index (χ1) is 10.7. The third-order valence-electron chi connectivity index (χ3n) is 5.18. The van der Waals surface area contributed by atoms with Crippen LogP contribution in [0.25, 0.3) is 0 Å². The molecule has 0 bridgehead atoms. The summed E-state index contributed by atoms with van der Waals surface area (Å²) in [6.45, 7) is 9.64. The van der Waals surface area contributed by atoms with Crippen LogP contribution >= 0.6 is 0 Å². The molecular formula is C17H28N2O3. The quantitative estimate of drug-likeness (QED) is 0.756. The number of rotatable bonds is 6. The molecule has 0 aromatic carbocycles. The Labute approximate surface area is 132 Å². The summed E-state index contributed by atoms with van der Waals surface area (Å²) in [4.78, 5) is 2.46. The maximum absolute atomic E-state index is 6.21. The van der Waals surface area contributed by atoms with Gasteiger partial charge in [-0.3, -0.25) is 4.90 Å². The fourth-order valence-electron chi connectivity index (χ4n) is 3.93. The van der Waals surface area contributed by atoms with Crippen molar-refractivity contribution < 1.29 is 14.0 Å². The second-order valence-corrected chi connectivity index (χ2v) is 6.59. The number of hydrogen-bond donors (Lipinski definition) is 0. The van der Waals surface area contributed by atoms with E-state index >= 15 is 0 Å². The van der Waals surface area contributed by atoms with Crippen molar-refractivity contribution >= 4 is 0 Å². The average Bonchev–Trinajstić information content (AvgIpc) is 3.09. The normalized spacial score (nSPS) is 25.1. The SMILES string of the molecule is CCOCCC1CCOC12CCN(Cc1cc(C)on1)CC2. The maximum atomic E-state index is 6.21. The Kier molecular flexibility index (Phi) is 5.16. The summed E-state index contributed by atoms with van der Waals surface area (Å²) in [5, 5.41) is 4.10. The molecule has 1 aromatic heterocycles. The number of hydrogen-bond acceptors (Lipinski definition) is 5. The molecule has 0 amide bonds.